The van der Waals surface area contributed by atoms with Crippen molar-refractivity contribution in [1.82, 2.24) is 14.7 Å². The van der Waals surface area contributed by atoms with Crippen molar-refractivity contribution in [3.8, 4) is 0 Å². The van der Waals surface area contributed by atoms with Crippen LogP contribution in [0.1, 0.15) is 39.5 Å². The van der Waals surface area contributed by atoms with Crippen LogP contribution in [0.5, 0.6) is 0 Å². The highest BCUT2D eigenvalue weighted by molar-refractivity contribution is 5.14. The molecule has 3 saturated heterocycles. The van der Waals surface area contributed by atoms with Crippen LogP contribution in [-0.2, 0) is 0 Å². The van der Waals surface area contributed by atoms with Crippen LogP contribution in [0.3, 0.4) is 0 Å². The Labute approximate surface area is 129 Å². The summed E-state index contributed by atoms with van der Waals surface area (Å²) in [6, 6.07) is 1.47. The van der Waals surface area contributed by atoms with Gasteiger partial charge in [-0.2, -0.15) is 0 Å². The molecule has 0 aromatic carbocycles. The molecule has 4 heteroatoms. The van der Waals surface area contributed by atoms with Crippen molar-refractivity contribution in [1.29, 1.82) is 0 Å². The first-order valence-electron chi connectivity index (χ1n) is 8.97. The zero-order chi connectivity index (χ0) is 14.6. The van der Waals surface area contributed by atoms with Gasteiger partial charge in [0.05, 0.1) is 11.6 Å². The van der Waals surface area contributed by atoms with E-state index in [2.05, 4.69) is 28.5 Å². The Balaban J connectivity index is 1.47. The number of aliphatic hydroxyl groups excluding tert-OH is 1. The molecule has 0 aromatic heterocycles. The summed E-state index contributed by atoms with van der Waals surface area (Å²) < 4.78 is 0. The molecule has 0 bridgehead atoms. The van der Waals surface area contributed by atoms with Gasteiger partial charge in [0.25, 0.3) is 0 Å². The largest absolute Gasteiger partial charge is 0.392 e. The second-order valence-electron chi connectivity index (χ2n) is 8.50. The van der Waals surface area contributed by atoms with Crippen molar-refractivity contribution in [2.45, 2.75) is 63.3 Å². The summed E-state index contributed by atoms with van der Waals surface area (Å²) in [6.07, 6.45) is 5.15. The van der Waals surface area contributed by atoms with E-state index in [1.54, 1.807) is 0 Å². The number of fused-ring (bicyclic) bond motifs is 2. The van der Waals surface area contributed by atoms with Crippen LogP contribution < -0.4 is 0 Å². The first-order valence-corrected chi connectivity index (χ1v) is 8.97. The van der Waals surface area contributed by atoms with Gasteiger partial charge in [0.2, 0.25) is 0 Å². The zero-order valence-corrected chi connectivity index (χ0v) is 13.7. The van der Waals surface area contributed by atoms with Crippen LogP contribution in [-0.4, -0.2) is 82.8 Å². The summed E-state index contributed by atoms with van der Waals surface area (Å²) in [5, 5.41) is 10.1. The smallest absolute Gasteiger partial charge is 0.0682 e. The number of β-amino-alcohol motifs (C(OH)–C–C–N with tert-alkyl or cyclic N) is 1. The number of nitrogens with zero attached hydrogens (tertiary/aromatic N) is 3. The number of aliphatic hydroxyl groups is 1. The van der Waals surface area contributed by atoms with E-state index in [1.165, 1.54) is 52.0 Å². The van der Waals surface area contributed by atoms with Crippen LogP contribution in [0, 0.1) is 5.92 Å². The molecule has 0 radical (unpaired) electrons. The van der Waals surface area contributed by atoms with Crippen LogP contribution in [0.15, 0.2) is 0 Å². The van der Waals surface area contributed by atoms with Gasteiger partial charge in [-0.15, -0.1) is 0 Å². The Kier molecular flexibility index (Phi) is 3.57. The van der Waals surface area contributed by atoms with Gasteiger partial charge in [-0.25, -0.2) is 0 Å². The van der Waals surface area contributed by atoms with Crippen LogP contribution in [0.2, 0.25) is 0 Å². The molecule has 4 fully saturated rings. The van der Waals surface area contributed by atoms with Crippen molar-refractivity contribution < 1.29 is 5.11 Å². The predicted molar refractivity (Wildman–Crippen MR) is 84.3 cm³/mol. The van der Waals surface area contributed by atoms with Crippen molar-refractivity contribution in [3.05, 3.63) is 0 Å². The van der Waals surface area contributed by atoms with Gasteiger partial charge in [-0.05, 0) is 25.2 Å². The molecule has 3 heterocycles. The second-order valence-corrected chi connectivity index (χ2v) is 8.50. The summed E-state index contributed by atoms with van der Waals surface area (Å²) in [4.78, 5) is 8.08. The first kappa shape index (κ1) is 14.4. The monoisotopic (exact) mass is 293 g/mol. The fourth-order valence-corrected chi connectivity index (χ4v) is 5.17. The Hall–Kier alpha value is -0.160. The quantitative estimate of drug-likeness (QED) is 0.841. The van der Waals surface area contributed by atoms with Gasteiger partial charge in [0.1, 0.15) is 0 Å². The van der Waals surface area contributed by atoms with Crippen molar-refractivity contribution in [2.24, 2.45) is 5.92 Å². The van der Waals surface area contributed by atoms with Crippen molar-refractivity contribution in [3.63, 3.8) is 0 Å². The third-order valence-electron chi connectivity index (χ3n) is 6.20. The van der Waals surface area contributed by atoms with Crippen LogP contribution in [0.4, 0.5) is 0 Å². The minimum absolute atomic E-state index is 0.0939. The maximum atomic E-state index is 10.1. The maximum Gasteiger partial charge on any atom is 0.0682 e. The van der Waals surface area contributed by atoms with E-state index in [1.807, 2.05) is 0 Å². The fourth-order valence-electron chi connectivity index (χ4n) is 5.17. The topological polar surface area (TPSA) is 30.0 Å². The van der Waals surface area contributed by atoms with E-state index in [4.69, 9.17) is 0 Å². The normalized spacial score (nSPS) is 37.7. The lowest BCUT2D eigenvalue weighted by atomic mass is 9.79. The van der Waals surface area contributed by atoms with Gasteiger partial charge in [-0.1, -0.05) is 20.3 Å². The first-order chi connectivity index (χ1) is 10.1. The van der Waals surface area contributed by atoms with Gasteiger partial charge in [-0.3, -0.25) is 14.7 Å². The third-order valence-corrected chi connectivity index (χ3v) is 6.20. The number of rotatable bonds is 3. The minimum Gasteiger partial charge on any atom is -0.392 e. The maximum absolute atomic E-state index is 10.1. The van der Waals surface area contributed by atoms with E-state index in [0.29, 0.717) is 11.6 Å². The molecule has 120 valence electrons. The molecule has 0 amide bonds. The highest BCUT2D eigenvalue weighted by atomic mass is 16.3. The molecule has 4 aliphatic rings. The molecule has 1 aliphatic carbocycles. The molecule has 21 heavy (non-hydrogen) atoms. The minimum atomic E-state index is -0.0939. The summed E-state index contributed by atoms with van der Waals surface area (Å²) in [6.45, 7) is 11.7. The Morgan fingerprint density at radius 2 is 1.86 bits per heavy atom. The highest BCUT2D eigenvalue weighted by Crippen LogP contribution is 2.42. The average Bonchev–Trinajstić information content (AvgIpc) is 2.64. The molecule has 1 saturated carbocycles. The van der Waals surface area contributed by atoms with E-state index in [9.17, 15) is 5.11 Å². The Morgan fingerprint density at radius 3 is 2.48 bits per heavy atom. The molecule has 4 rings (SSSR count). The molecule has 2 atom stereocenters. The average molecular weight is 293 g/mol. The van der Waals surface area contributed by atoms with Crippen LogP contribution in [0.25, 0.3) is 0 Å². The number of likely N-dealkylation sites (tertiary alicyclic amines) is 1. The predicted octanol–water partition coefficient (Wildman–Crippen LogP) is 1.00. The van der Waals surface area contributed by atoms with E-state index >= 15 is 0 Å². The molecule has 0 aromatic rings. The van der Waals surface area contributed by atoms with Gasteiger partial charge in [0, 0.05) is 51.4 Å². The molecule has 3 aliphatic heterocycles. The lowest BCUT2D eigenvalue weighted by Gasteiger charge is -2.63. The van der Waals surface area contributed by atoms with Gasteiger partial charge in [0.15, 0.2) is 0 Å². The third kappa shape index (κ3) is 2.44. The summed E-state index contributed by atoms with van der Waals surface area (Å²) in [5.74, 6) is 0.739. The molecular formula is C17H31N3O. The SMILES string of the molecule is CC(C)CN1C[C@@H]2C[C@@H](O)CN2C2(C1)CN(C1CCC1)C2. The Bertz CT molecular complexity index is 389. The lowest BCUT2D eigenvalue weighted by molar-refractivity contribution is -0.136. The number of hydrogen-bond acceptors (Lipinski definition) is 4. The highest BCUT2D eigenvalue weighted by Gasteiger charge is 2.57. The molecular weight excluding hydrogens is 262 g/mol. The van der Waals surface area contributed by atoms with Gasteiger partial charge < -0.3 is 5.11 Å². The zero-order valence-electron chi connectivity index (χ0n) is 13.7. The summed E-state index contributed by atoms with van der Waals surface area (Å²) in [7, 11) is 0. The molecule has 4 nitrogen and oxygen atoms in total. The summed E-state index contributed by atoms with van der Waals surface area (Å²) in [5.41, 5.74) is 0.352. The fraction of sp³-hybridized carbons (Fsp3) is 1.00. The van der Waals surface area contributed by atoms with Gasteiger partial charge >= 0.3 is 0 Å². The van der Waals surface area contributed by atoms with E-state index < -0.39 is 0 Å². The van der Waals surface area contributed by atoms with Crippen molar-refractivity contribution >= 4 is 0 Å². The number of piperazine rings is 1. The molecule has 1 spiro atoms. The second kappa shape index (κ2) is 5.19. The van der Waals surface area contributed by atoms with Crippen molar-refractivity contribution in [2.75, 3.05) is 39.3 Å². The molecule has 0 unspecified atom stereocenters. The van der Waals surface area contributed by atoms with E-state index in [0.717, 1.165) is 24.9 Å². The van der Waals surface area contributed by atoms with Crippen LogP contribution >= 0.6 is 0 Å². The lowest BCUT2D eigenvalue weighted by Crippen LogP contribution is -2.79. The molecule has 1 N–H and O–H groups in total. The van der Waals surface area contributed by atoms with E-state index in [-0.39, 0.29) is 6.10 Å². The summed E-state index contributed by atoms with van der Waals surface area (Å²) >= 11 is 0. The standard InChI is InChI=1S/C17H31N3O/c1-13(2)7-18-8-15-6-16(21)9-20(15)17(10-18)11-19(12-17)14-4-3-5-14/h13-16,21H,3-12H2,1-2H3/t15-,16+/m0/s1. The number of hydrogen-bond donors (Lipinski definition) is 1. The Morgan fingerprint density at radius 1 is 1.10 bits per heavy atom.